The van der Waals surface area contributed by atoms with Gasteiger partial charge in [-0.2, -0.15) is 0 Å². The van der Waals surface area contributed by atoms with Crippen LogP contribution < -0.4 is 5.32 Å². The molecule has 1 aromatic heterocycles. The van der Waals surface area contributed by atoms with E-state index in [9.17, 15) is 9.59 Å². The number of nitrogens with zero attached hydrogens (tertiary/aromatic N) is 1. The molecule has 0 aliphatic rings. The van der Waals surface area contributed by atoms with E-state index in [1.54, 1.807) is 13.8 Å². The highest BCUT2D eigenvalue weighted by atomic mass is 16.4. The molecule has 0 bridgehead atoms. The Balaban J connectivity index is 2.63. The summed E-state index contributed by atoms with van der Waals surface area (Å²) in [5.41, 5.74) is 0.0721. The number of amides is 1. The number of nitrogens with one attached hydrogen (secondary N) is 1. The zero-order valence-electron chi connectivity index (χ0n) is 10.9. The highest BCUT2D eigenvalue weighted by molar-refractivity contribution is 5.96. The molecule has 0 radical (unpaired) electrons. The molecular weight excluding hydrogens is 220 g/mol. The smallest absolute Gasteiger partial charge is 0.289 e. The van der Waals surface area contributed by atoms with Crippen molar-refractivity contribution in [3.63, 3.8) is 0 Å². The molecule has 0 aromatic carbocycles. The minimum Gasteiger partial charge on any atom is -0.436 e. The highest BCUT2D eigenvalue weighted by Crippen LogP contribution is 2.14. The first kappa shape index (κ1) is 13.4. The first-order valence-corrected chi connectivity index (χ1v) is 5.47. The molecule has 5 heteroatoms. The Morgan fingerprint density at radius 3 is 2.29 bits per heavy atom. The number of oxazole rings is 1. The molecule has 0 saturated carbocycles. The molecule has 0 aliphatic carbocycles. The molecule has 1 amide bonds. The zero-order valence-corrected chi connectivity index (χ0v) is 10.9. The fourth-order valence-corrected chi connectivity index (χ4v) is 1.25. The van der Waals surface area contributed by atoms with E-state index >= 15 is 0 Å². The standard InChI is InChI=1S/C12H18N2O3/c1-7-10(17-8(2)14-7)11(16)13-6-9(15)12(3,4)5/h6H2,1-5H3,(H,13,16). The van der Waals surface area contributed by atoms with Crippen molar-refractivity contribution in [3.8, 4) is 0 Å². The fraction of sp³-hybridized carbons (Fsp3) is 0.583. The Labute approximate surface area is 101 Å². The average Bonchev–Trinajstić information content (AvgIpc) is 2.52. The van der Waals surface area contributed by atoms with Crippen molar-refractivity contribution in [2.45, 2.75) is 34.6 Å². The number of carbonyl (C=O) groups excluding carboxylic acids is 2. The van der Waals surface area contributed by atoms with E-state index in [0.29, 0.717) is 11.6 Å². The van der Waals surface area contributed by atoms with Gasteiger partial charge < -0.3 is 9.73 Å². The summed E-state index contributed by atoms with van der Waals surface area (Å²) < 4.78 is 5.16. The number of rotatable bonds is 3. The molecule has 94 valence electrons. The van der Waals surface area contributed by atoms with Crippen LogP contribution in [0.2, 0.25) is 0 Å². The summed E-state index contributed by atoms with van der Waals surface area (Å²) in [7, 11) is 0. The van der Waals surface area contributed by atoms with Crippen molar-refractivity contribution in [1.82, 2.24) is 10.3 Å². The molecule has 0 atom stereocenters. The lowest BCUT2D eigenvalue weighted by atomic mass is 9.91. The van der Waals surface area contributed by atoms with E-state index in [-0.39, 0.29) is 18.1 Å². The number of carbonyl (C=O) groups is 2. The van der Waals surface area contributed by atoms with Gasteiger partial charge in [0.25, 0.3) is 5.91 Å². The number of Topliss-reactive ketones (excluding diaryl/α,β-unsaturated/α-hetero) is 1. The van der Waals surface area contributed by atoms with Crippen LogP contribution in [0.3, 0.4) is 0 Å². The van der Waals surface area contributed by atoms with Crippen molar-refractivity contribution >= 4 is 11.7 Å². The monoisotopic (exact) mass is 238 g/mol. The van der Waals surface area contributed by atoms with Gasteiger partial charge in [0.05, 0.1) is 12.2 Å². The van der Waals surface area contributed by atoms with Gasteiger partial charge in [0.2, 0.25) is 5.76 Å². The summed E-state index contributed by atoms with van der Waals surface area (Å²) in [5, 5.41) is 2.54. The minimum absolute atomic E-state index is 0.00151. The van der Waals surface area contributed by atoms with Gasteiger partial charge in [-0.05, 0) is 6.92 Å². The maximum Gasteiger partial charge on any atom is 0.289 e. The maximum atomic E-state index is 11.7. The van der Waals surface area contributed by atoms with Gasteiger partial charge in [0.15, 0.2) is 11.7 Å². The number of aromatic nitrogens is 1. The largest absolute Gasteiger partial charge is 0.436 e. The first-order valence-electron chi connectivity index (χ1n) is 5.47. The second-order valence-electron chi connectivity index (χ2n) is 5.00. The van der Waals surface area contributed by atoms with Crippen molar-refractivity contribution in [1.29, 1.82) is 0 Å². The zero-order chi connectivity index (χ0) is 13.2. The molecule has 0 spiro atoms. The van der Waals surface area contributed by atoms with Crippen molar-refractivity contribution in [2.24, 2.45) is 5.41 Å². The quantitative estimate of drug-likeness (QED) is 0.868. The second-order valence-corrected chi connectivity index (χ2v) is 5.00. The Morgan fingerprint density at radius 1 is 1.29 bits per heavy atom. The maximum absolute atomic E-state index is 11.7. The summed E-state index contributed by atoms with van der Waals surface area (Å²) in [6, 6.07) is 0. The van der Waals surface area contributed by atoms with E-state index in [1.807, 2.05) is 20.8 Å². The van der Waals surface area contributed by atoms with Gasteiger partial charge in [-0.3, -0.25) is 9.59 Å². The minimum atomic E-state index is -0.459. The van der Waals surface area contributed by atoms with Crippen molar-refractivity contribution in [2.75, 3.05) is 6.54 Å². The summed E-state index contributed by atoms with van der Waals surface area (Å²) in [4.78, 5) is 27.3. The predicted molar refractivity (Wildman–Crippen MR) is 62.8 cm³/mol. The molecule has 1 rings (SSSR count). The van der Waals surface area contributed by atoms with Gasteiger partial charge in [-0.15, -0.1) is 0 Å². The van der Waals surface area contributed by atoms with Crippen LogP contribution in [0.5, 0.6) is 0 Å². The van der Waals surface area contributed by atoms with Crippen LogP contribution >= 0.6 is 0 Å². The Hall–Kier alpha value is -1.65. The Bertz CT molecular complexity index is 441. The number of aryl methyl sites for hydroxylation is 2. The second kappa shape index (κ2) is 4.69. The first-order chi connectivity index (χ1) is 7.71. The highest BCUT2D eigenvalue weighted by Gasteiger charge is 2.23. The van der Waals surface area contributed by atoms with Gasteiger partial charge >= 0.3 is 0 Å². The SMILES string of the molecule is Cc1nc(C)c(C(=O)NCC(=O)C(C)(C)C)o1. The molecule has 5 nitrogen and oxygen atoms in total. The molecule has 1 heterocycles. The van der Waals surface area contributed by atoms with E-state index in [4.69, 9.17) is 4.42 Å². The molecule has 17 heavy (non-hydrogen) atoms. The van der Waals surface area contributed by atoms with E-state index in [2.05, 4.69) is 10.3 Å². The molecule has 0 fully saturated rings. The topological polar surface area (TPSA) is 72.2 Å². The molecule has 1 N–H and O–H groups in total. The average molecular weight is 238 g/mol. The fourth-order valence-electron chi connectivity index (χ4n) is 1.25. The Kier molecular flexibility index (Phi) is 3.70. The van der Waals surface area contributed by atoms with E-state index in [1.165, 1.54) is 0 Å². The lowest BCUT2D eigenvalue weighted by molar-refractivity contribution is -0.125. The molecule has 0 aliphatic heterocycles. The Morgan fingerprint density at radius 2 is 1.88 bits per heavy atom. The molecular formula is C12H18N2O3. The van der Waals surface area contributed by atoms with Crippen LogP contribution in [0.15, 0.2) is 4.42 Å². The van der Waals surface area contributed by atoms with Gasteiger partial charge in [-0.25, -0.2) is 4.98 Å². The third kappa shape index (κ3) is 3.41. The van der Waals surface area contributed by atoms with E-state index < -0.39 is 11.3 Å². The number of hydrogen-bond acceptors (Lipinski definition) is 4. The third-order valence-corrected chi connectivity index (χ3v) is 2.36. The lowest BCUT2D eigenvalue weighted by Crippen LogP contribution is -2.35. The molecule has 0 saturated heterocycles. The van der Waals surface area contributed by atoms with Gasteiger partial charge in [0, 0.05) is 12.3 Å². The molecule has 0 unspecified atom stereocenters. The molecule has 1 aromatic rings. The van der Waals surface area contributed by atoms with Crippen LogP contribution in [0, 0.1) is 19.3 Å². The van der Waals surface area contributed by atoms with Crippen LogP contribution in [0.25, 0.3) is 0 Å². The van der Waals surface area contributed by atoms with E-state index in [0.717, 1.165) is 0 Å². The predicted octanol–water partition coefficient (Wildman–Crippen LogP) is 1.64. The number of ketones is 1. The lowest BCUT2D eigenvalue weighted by Gasteiger charge is -2.16. The van der Waals surface area contributed by atoms with Crippen LogP contribution in [-0.4, -0.2) is 23.2 Å². The van der Waals surface area contributed by atoms with Crippen LogP contribution in [0.4, 0.5) is 0 Å². The van der Waals surface area contributed by atoms with Gasteiger partial charge in [0.1, 0.15) is 0 Å². The van der Waals surface area contributed by atoms with Crippen molar-refractivity contribution in [3.05, 3.63) is 17.3 Å². The van der Waals surface area contributed by atoms with Crippen LogP contribution in [-0.2, 0) is 4.79 Å². The summed E-state index contributed by atoms with van der Waals surface area (Å²) in [6.45, 7) is 8.80. The van der Waals surface area contributed by atoms with Crippen molar-refractivity contribution < 1.29 is 14.0 Å². The van der Waals surface area contributed by atoms with Crippen LogP contribution in [0.1, 0.15) is 42.9 Å². The number of hydrogen-bond donors (Lipinski definition) is 1. The summed E-state index contributed by atoms with van der Waals surface area (Å²) in [5.74, 6) is 0.180. The normalized spacial score (nSPS) is 11.4. The summed E-state index contributed by atoms with van der Waals surface area (Å²) in [6.07, 6.45) is 0. The third-order valence-electron chi connectivity index (χ3n) is 2.36. The summed E-state index contributed by atoms with van der Waals surface area (Å²) >= 11 is 0. The van der Waals surface area contributed by atoms with Gasteiger partial charge in [-0.1, -0.05) is 20.8 Å².